The Hall–Kier alpha value is -0.290. The molecule has 0 N–H and O–H groups in total. The van der Waals surface area contributed by atoms with E-state index in [1.54, 1.807) is 0 Å². The highest BCUT2D eigenvalue weighted by Gasteiger charge is 2.35. The van der Waals surface area contributed by atoms with Gasteiger partial charge in [-0.25, -0.2) is 4.79 Å². The van der Waals surface area contributed by atoms with Crippen LogP contribution in [0.15, 0.2) is 0 Å². The summed E-state index contributed by atoms with van der Waals surface area (Å²) >= 11 is 3.63. The van der Waals surface area contributed by atoms with Crippen LogP contribution in [0.3, 0.4) is 0 Å². The Morgan fingerprint density at radius 3 is 2.00 bits per heavy atom. The van der Waals surface area contributed by atoms with E-state index >= 15 is 0 Å². The number of alkyl halides is 1. The second-order valence-corrected chi connectivity index (χ2v) is 9.47. The second-order valence-electron chi connectivity index (χ2n) is 8.82. The predicted molar refractivity (Wildman–Crippen MR) is 103 cm³/mol. The van der Waals surface area contributed by atoms with Crippen molar-refractivity contribution >= 4 is 22.0 Å². The monoisotopic (exact) mass is 402 g/mol. The number of halogens is 1. The number of amides is 1. The van der Waals surface area contributed by atoms with Crippen molar-refractivity contribution in [2.75, 3.05) is 25.0 Å². The number of hydrogen-bond donors (Lipinski definition) is 0. The maximum Gasteiger partial charge on any atom is 0.410 e. The zero-order chi connectivity index (χ0) is 17.9. The number of ether oxygens (including phenoxy) is 1. The number of hydrogen-bond acceptors (Lipinski definition) is 3. The van der Waals surface area contributed by atoms with Crippen LogP contribution in [0.5, 0.6) is 0 Å². The Morgan fingerprint density at radius 2 is 1.54 bits per heavy atom. The molecule has 0 bridgehead atoms. The maximum atomic E-state index is 12.4. The smallest absolute Gasteiger partial charge is 0.410 e. The van der Waals surface area contributed by atoms with E-state index < -0.39 is 5.60 Å². The summed E-state index contributed by atoms with van der Waals surface area (Å²) in [5, 5.41) is 1.15. The van der Waals surface area contributed by atoms with Crippen molar-refractivity contribution in [1.29, 1.82) is 0 Å². The van der Waals surface area contributed by atoms with Crippen molar-refractivity contribution in [3.8, 4) is 0 Å². The van der Waals surface area contributed by atoms with Gasteiger partial charge in [0.05, 0.1) is 0 Å². The Labute approximate surface area is 156 Å². The molecule has 0 unspecified atom stereocenters. The average molecular weight is 403 g/mol. The third-order valence-electron chi connectivity index (χ3n) is 5.41. The molecule has 2 aliphatic rings. The van der Waals surface area contributed by atoms with Gasteiger partial charge in [0, 0.05) is 37.0 Å². The lowest BCUT2D eigenvalue weighted by molar-refractivity contribution is -0.0131. The summed E-state index contributed by atoms with van der Waals surface area (Å²) in [7, 11) is 0. The Morgan fingerprint density at radius 1 is 1.04 bits per heavy atom. The van der Waals surface area contributed by atoms with Crippen LogP contribution < -0.4 is 0 Å². The minimum absolute atomic E-state index is 0.168. The molecule has 1 aliphatic heterocycles. The van der Waals surface area contributed by atoms with Gasteiger partial charge >= 0.3 is 6.09 Å². The van der Waals surface area contributed by atoms with Crippen molar-refractivity contribution < 1.29 is 9.53 Å². The molecule has 1 amide bonds. The SMILES string of the molecule is C[C@@H]1CN(C(=O)OC(C)(C)C)C[C@H](C)N1C[C@H]1CC[C@H](CBr)CC1. The lowest BCUT2D eigenvalue weighted by Crippen LogP contribution is -2.59. The molecule has 2 fully saturated rings. The Kier molecular flexibility index (Phi) is 7.00. The molecular weight excluding hydrogens is 368 g/mol. The van der Waals surface area contributed by atoms with Crippen molar-refractivity contribution in [3.05, 3.63) is 0 Å². The van der Waals surface area contributed by atoms with Gasteiger partial charge in [-0.1, -0.05) is 15.9 Å². The molecule has 140 valence electrons. The Bertz CT molecular complexity index is 404. The van der Waals surface area contributed by atoms with Crippen LogP contribution in [0.25, 0.3) is 0 Å². The van der Waals surface area contributed by atoms with Crippen molar-refractivity contribution in [2.45, 2.75) is 78.0 Å². The summed E-state index contributed by atoms with van der Waals surface area (Å²) in [5.41, 5.74) is -0.422. The van der Waals surface area contributed by atoms with Gasteiger partial charge in [-0.3, -0.25) is 4.90 Å². The first kappa shape index (κ1) is 20.0. The molecular formula is C19H35BrN2O2. The fourth-order valence-corrected chi connectivity index (χ4v) is 4.71. The summed E-state index contributed by atoms with van der Waals surface area (Å²) in [6, 6.07) is 0.797. The first-order chi connectivity index (χ1) is 11.2. The van der Waals surface area contributed by atoms with Crippen LogP contribution in [-0.4, -0.2) is 58.5 Å². The average Bonchev–Trinajstić information content (AvgIpc) is 2.49. The molecule has 1 heterocycles. The van der Waals surface area contributed by atoms with Gasteiger partial charge < -0.3 is 9.64 Å². The van der Waals surface area contributed by atoms with Gasteiger partial charge in [-0.15, -0.1) is 0 Å². The van der Waals surface area contributed by atoms with Crippen LogP contribution in [0.4, 0.5) is 4.79 Å². The molecule has 2 atom stereocenters. The van der Waals surface area contributed by atoms with E-state index in [1.807, 2.05) is 25.7 Å². The number of carbonyl (C=O) groups is 1. The highest BCUT2D eigenvalue weighted by molar-refractivity contribution is 9.09. The molecule has 1 saturated heterocycles. The van der Waals surface area contributed by atoms with E-state index in [9.17, 15) is 4.79 Å². The molecule has 2 rings (SSSR count). The van der Waals surface area contributed by atoms with E-state index in [2.05, 4.69) is 34.7 Å². The summed E-state index contributed by atoms with van der Waals surface area (Å²) in [4.78, 5) is 16.9. The van der Waals surface area contributed by atoms with Gasteiger partial charge in [0.2, 0.25) is 0 Å². The number of piperazine rings is 1. The summed E-state index contributed by atoms with van der Waals surface area (Å²) < 4.78 is 5.55. The number of carbonyl (C=O) groups excluding carboxylic acids is 1. The fourth-order valence-electron chi connectivity index (χ4n) is 4.06. The molecule has 0 aromatic heterocycles. The standard InChI is InChI=1S/C19H35BrN2O2/c1-14-11-21(18(23)24-19(3,4)5)12-15(2)22(14)13-17-8-6-16(10-20)7-9-17/h14-17H,6-13H2,1-5H3/t14-,15+,16-,17-. The van der Waals surface area contributed by atoms with Crippen LogP contribution in [0.1, 0.15) is 60.3 Å². The maximum absolute atomic E-state index is 12.4. The first-order valence-electron chi connectivity index (χ1n) is 9.49. The van der Waals surface area contributed by atoms with Gasteiger partial charge in [0.25, 0.3) is 0 Å². The second kappa shape index (κ2) is 8.39. The molecule has 24 heavy (non-hydrogen) atoms. The van der Waals surface area contributed by atoms with Crippen molar-refractivity contribution in [2.24, 2.45) is 11.8 Å². The van der Waals surface area contributed by atoms with Crippen LogP contribution in [0, 0.1) is 11.8 Å². The normalized spacial score (nSPS) is 32.7. The van der Waals surface area contributed by atoms with Gasteiger partial charge in [0.1, 0.15) is 5.60 Å². The topological polar surface area (TPSA) is 32.8 Å². The molecule has 5 heteroatoms. The van der Waals surface area contributed by atoms with Crippen LogP contribution in [0.2, 0.25) is 0 Å². The zero-order valence-corrected chi connectivity index (χ0v) is 17.6. The Balaban J connectivity index is 1.86. The minimum Gasteiger partial charge on any atom is -0.444 e. The van der Waals surface area contributed by atoms with E-state index in [-0.39, 0.29) is 6.09 Å². The van der Waals surface area contributed by atoms with Gasteiger partial charge in [-0.05, 0) is 72.1 Å². The lowest BCUT2D eigenvalue weighted by atomic mass is 9.82. The van der Waals surface area contributed by atoms with Gasteiger partial charge in [0.15, 0.2) is 0 Å². The predicted octanol–water partition coefficient (Wildman–Crippen LogP) is 4.52. The summed E-state index contributed by atoms with van der Waals surface area (Å²) in [5.74, 6) is 1.69. The third kappa shape index (κ3) is 5.62. The highest BCUT2D eigenvalue weighted by Crippen LogP contribution is 2.32. The number of rotatable bonds is 3. The lowest BCUT2D eigenvalue weighted by Gasteiger charge is -2.46. The molecule has 0 radical (unpaired) electrons. The van der Waals surface area contributed by atoms with Crippen molar-refractivity contribution in [3.63, 3.8) is 0 Å². The third-order valence-corrected chi connectivity index (χ3v) is 6.32. The molecule has 0 spiro atoms. The van der Waals surface area contributed by atoms with Crippen LogP contribution >= 0.6 is 15.9 Å². The van der Waals surface area contributed by atoms with E-state index in [0.29, 0.717) is 12.1 Å². The molecule has 1 aliphatic carbocycles. The van der Waals surface area contributed by atoms with Crippen LogP contribution in [-0.2, 0) is 4.74 Å². The molecule has 0 aromatic carbocycles. The fraction of sp³-hybridized carbons (Fsp3) is 0.947. The van der Waals surface area contributed by atoms with E-state index in [4.69, 9.17) is 4.74 Å². The zero-order valence-electron chi connectivity index (χ0n) is 16.1. The number of nitrogens with zero attached hydrogens (tertiary/aromatic N) is 2. The first-order valence-corrected chi connectivity index (χ1v) is 10.6. The van der Waals surface area contributed by atoms with E-state index in [0.717, 1.165) is 30.3 Å². The molecule has 4 nitrogen and oxygen atoms in total. The van der Waals surface area contributed by atoms with Gasteiger partial charge in [-0.2, -0.15) is 0 Å². The van der Waals surface area contributed by atoms with Crippen molar-refractivity contribution in [1.82, 2.24) is 9.80 Å². The minimum atomic E-state index is -0.422. The van der Waals surface area contributed by atoms with E-state index in [1.165, 1.54) is 32.2 Å². The molecule has 0 aromatic rings. The molecule has 1 saturated carbocycles. The summed E-state index contributed by atoms with van der Waals surface area (Å²) in [6.45, 7) is 13.0. The quantitative estimate of drug-likeness (QED) is 0.650. The largest absolute Gasteiger partial charge is 0.444 e. The summed E-state index contributed by atoms with van der Waals surface area (Å²) in [6.07, 6.45) is 5.25. The highest BCUT2D eigenvalue weighted by atomic mass is 79.9.